The summed E-state index contributed by atoms with van der Waals surface area (Å²) < 4.78 is 37.5. The number of halogens is 3. The summed E-state index contributed by atoms with van der Waals surface area (Å²) in [4.78, 5) is 25.8. The van der Waals surface area contributed by atoms with Crippen LogP contribution in [0.15, 0.2) is 42.5 Å². The number of alkyl halides is 1. The molecule has 0 aromatic heterocycles. The molecule has 0 bridgehead atoms. The van der Waals surface area contributed by atoms with Crippen LogP contribution in [0.2, 0.25) is 5.02 Å². The van der Waals surface area contributed by atoms with Crippen LogP contribution >= 0.6 is 11.6 Å². The van der Waals surface area contributed by atoms with E-state index in [1.807, 2.05) is 0 Å². The number of esters is 1. The smallest absolute Gasteiger partial charge is 0.345 e. The molecule has 1 aliphatic rings. The fourth-order valence-electron chi connectivity index (χ4n) is 3.82. The highest BCUT2D eigenvalue weighted by Gasteiger charge is 2.36. The van der Waals surface area contributed by atoms with Gasteiger partial charge in [-0.05, 0) is 55.2 Å². The first-order valence-electron chi connectivity index (χ1n) is 10.3. The van der Waals surface area contributed by atoms with E-state index in [9.17, 15) is 23.6 Å². The Labute approximate surface area is 195 Å². The lowest BCUT2D eigenvalue weighted by Crippen LogP contribution is -2.45. The van der Waals surface area contributed by atoms with Crippen molar-refractivity contribution in [1.29, 1.82) is 5.26 Å². The molecule has 1 fully saturated rings. The monoisotopic (exact) mass is 476 g/mol. The normalized spacial score (nSPS) is 15.9. The highest BCUT2D eigenvalue weighted by atomic mass is 35.5. The molecule has 2 aromatic carbocycles. The number of methoxy groups -OCH3 is 1. The maximum atomic E-state index is 14.4. The molecule has 0 N–H and O–H groups in total. The number of amides is 1. The molecule has 6 nitrogen and oxygen atoms in total. The van der Waals surface area contributed by atoms with Crippen molar-refractivity contribution >= 4 is 23.5 Å². The van der Waals surface area contributed by atoms with Crippen molar-refractivity contribution in [2.45, 2.75) is 25.4 Å². The van der Waals surface area contributed by atoms with E-state index in [1.54, 1.807) is 17.0 Å². The van der Waals surface area contributed by atoms with Gasteiger partial charge in [0.25, 0.3) is 5.91 Å². The van der Waals surface area contributed by atoms with Gasteiger partial charge in [0.15, 0.2) is 6.61 Å². The van der Waals surface area contributed by atoms with Gasteiger partial charge in [-0.15, -0.1) is 0 Å². The van der Waals surface area contributed by atoms with Crippen LogP contribution in [0, 0.1) is 22.6 Å². The molecule has 174 valence electrons. The highest BCUT2D eigenvalue weighted by molar-refractivity contribution is 6.30. The van der Waals surface area contributed by atoms with E-state index in [2.05, 4.69) is 10.8 Å². The lowest BCUT2D eigenvalue weighted by Gasteiger charge is -2.37. The molecule has 9 heteroatoms. The number of nitrogens with zero attached hydrogens (tertiary/aromatic N) is 2. The zero-order valence-corrected chi connectivity index (χ0v) is 18.8. The van der Waals surface area contributed by atoms with E-state index >= 15 is 0 Å². The van der Waals surface area contributed by atoms with Gasteiger partial charge in [0.05, 0.1) is 18.6 Å². The fraction of sp³-hybridized carbons (Fsp3) is 0.375. The molecule has 1 aliphatic heterocycles. The third-order valence-corrected chi connectivity index (χ3v) is 6.01. The minimum atomic E-state index is -2.10. The molecule has 1 unspecified atom stereocenters. The molecule has 0 spiro atoms. The largest absolute Gasteiger partial charge is 0.483 e. The van der Waals surface area contributed by atoms with Crippen molar-refractivity contribution in [2.24, 2.45) is 5.41 Å². The summed E-state index contributed by atoms with van der Waals surface area (Å²) in [5, 5.41) is 9.98. The van der Waals surface area contributed by atoms with E-state index in [4.69, 9.17) is 16.3 Å². The fourth-order valence-corrected chi connectivity index (χ4v) is 4.00. The summed E-state index contributed by atoms with van der Waals surface area (Å²) in [6, 6.07) is 12.5. The molecular weight excluding hydrogens is 454 g/mol. The molecule has 1 saturated heterocycles. The summed E-state index contributed by atoms with van der Waals surface area (Å²) in [6.07, 6.45) is -0.694. The number of benzene rings is 2. The number of nitriles is 1. The summed E-state index contributed by atoms with van der Waals surface area (Å²) >= 11 is 5.90. The third-order valence-electron chi connectivity index (χ3n) is 5.77. The molecule has 1 atom stereocenters. The van der Waals surface area contributed by atoms with Gasteiger partial charge in [-0.2, -0.15) is 5.26 Å². The molecule has 0 saturated carbocycles. The van der Waals surface area contributed by atoms with Crippen molar-refractivity contribution in [3.8, 4) is 11.8 Å². The van der Waals surface area contributed by atoms with Crippen LogP contribution in [0.25, 0.3) is 0 Å². The summed E-state index contributed by atoms with van der Waals surface area (Å²) in [6.45, 7) is 0.358. The van der Waals surface area contributed by atoms with Gasteiger partial charge in [-0.1, -0.05) is 23.7 Å². The van der Waals surface area contributed by atoms with Gasteiger partial charge in [0, 0.05) is 23.7 Å². The average Bonchev–Trinajstić information content (AvgIpc) is 2.84. The van der Waals surface area contributed by atoms with Crippen LogP contribution < -0.4 is 4.74 Å². The quantitative estimate of drug-likeness (QED) is 0.553. The first-order chi connectivity index (χ1) is 15.8. The van der Waals surface area contributed by atoms with Crippen molar-refractivity contribution in [1.82, 2.24) is 4.90 Å². The Morgan fingerprint density at radius 3 is 2.48 bits per heavy atom. The van der Waals surface area contributed by atoms with Crippen molar-refractivity contribution in [3.05, 3.63) is 64.4 Å². The van der Waals surface area contributed by atoms with Gasteiger partial charge < -0.3 is 14.4 Å². The van der Waals surface area contributed by atoms with Crippen LogP contribution in [0.1, 0.15) is 30.1 Å². The molecular formula is C24H23ClF2N2O4. The van der Waals surface area contributed by atoms with Crippen LogP contribution in [0.3, 0.4) is 0 Å². The lowest BCUT2D eigenvalue weighted by atomic mass is 9.75. The second kappa shape index (κ2) is 10.6. The maximum Gasteiger partial charge on any atom is 0.345 e. The number of carbonyl (C=O) groups is 2. The zero-order valence-electron chi connectivity index (χ0n) is 18.0. The van der Waals surface area contributed by atoms with Gasteiger partial charge in [0.1, 0.15) is 11.6 Å². The first kappa shape index (κ1) is 24.5. The first-order valence-corrected chi connectivity index (χ1v) is 10.7. The standard InChI is InChI=1S/C24H23ClF2N2O4/c1-32-23(31)22(27)19-12-17(25)4-7-20(19)33-14-21(30)29-10-8-24(15-28,9-11-29)13-16-2-5-18(26)6-3-16/h2-7,12,22H,8-11,13-14H2,1H3. The number of hydrogen-bond donors (Lipinski definition) is 0. The van der Waals surface area contributed by atoms with Crippen LogP contribution in [0.4, 0.5) is 8.78 Å². The molecule has 1 amide bonds. The van der Waals surface area contributed by atoms with E-state index in [-0.39, 0.29) is 34.7 Å². The van der Waals surface area contributed by atoms with E-state index in [0.29, 0.717) is 32.4 Å². The maximum absolute atomic E-state index is 14.4. The number of ether oxygens (including phenoxy) is 2. The van der Waals surface area contributed by atoms with Crippen LogP contribution in [0.5, 0.6) is 5.75 Å². The number of piperidine rings is 1. The summed E-state index contributed by atoms with van der Waals surface area (Å²) in [7, 11) is 1.07. The predicted octanol–water partition coefficient (Wildman–Crippen LogP) is 4.42. The molecule has 3 rings (SSSR count). The molecule has 1 heterocycles. The minimum absolute atomic E-state index is 0.0188. The van der Waals surface area contributed by atoms with Crippen molar-refractivity contribution in [3.63, 3.8) is 0 Å². The van der Waals surface area contributed by atoms with Crippen molar-refractivity contribution < 1.29 is 27.8 Å². The molecule has 33 heavy (non-hydrogen) atoms. The average molecular weight is 477 g/mol. The van der Waals surface area contributed by atoms with E-state index < -0.39 is 17.6 Å². The number of hydrogen-bond acceptors (Lipinski definition) is 5. The Hall–Kier alpha value is -3.18. The van der Waals surface area contributed by atoms with Crippen LogP contribution in [-0.2, 0) is 20.7 Å². The molecule has 2 aromatic rings. The van der Waals surface area contributed by atoms with E-state index in [0.717, 1.165) is 12.7 Å². The minimum Gasteiger partial charge on any atom is -0.483 e. The Morgan fingerprint density at radius 2 is 1.88 bits per heavy atom. The Kier molecular flexibility index (Phi) is 7.88. The second-order valence-corrected chi connectivity index (χ2v) is 8.37. The highest BCUT2D eigenvalue weighted by Crippen LogP contribution is 2.35. The predicted molar refractivity (Wildman–Crippen MR) is 117 cm³/mol. The van der Waals surface area contributed by atoms with Gasteiger partial charge >= 0.3 is 5.97 Å². The topological polar surface area (TPSA) is 79.6 Å². The number of rotatable bonds is 7. The molecule has 0 aliphatic carbocycles. The third kappa shape index (κ3) is 5.99. The Morgan fingerprint density at radius 1 is 1.21 bits per heavy atom. The zero-order chi connectivity index (χ0) is 24.0. The summed E-state index contributed by atoms with van der Waals surface area (Å²) in [5.74, 6) is -1.74. The van der Waals surface area contributed by atoms with Gasteiger partial charge in [-0.25, -0.2) is 13.6 Å². The summed E-state index contributed by atoms with van der Waals surface area (Å²) in [5.41, 5.74) is 0.104. The Balaban J connectivity index is 1.60. The SMILES string of the molecule is COC(=O)C(F)c1cc(Cl)ccc1OCC(=O)N1CCC(C#N)(Cc2ccc(F)cc2)CC1. The number of likely N-dealkylation sites (tertiary alicyclic amines) is 1. The number of carbonyl (C=O) groups excluding carboxylic acids is 2. The Bertz CT molecular complexity index is 1050. The van der Waals surface area contributed by atoms with Crippen molar-refractivity contribution in [2.75, 3.05) is 26.8 Å². The lowest BCUT2D eigenvalue weighted by molar-refractivity contribution is -0.146. The van der Waals surface area contributed by atoms with Gasteiger partial charge in [-0.3, -0.25) is 4.79 Å². The second-order valence-electron chi connectivity index (χ2n) is 7.93. The van der Waals surface area contributed by atoms with E-state index in [1.165, 1.54) is 30.3 Å². The molecule has 0 radical (unpaired) electrons. The van der Waals surface area contributed by atoms with Gasteiger partial charge in [0.2, 0.25) is 6.17 Å². The van der Waals surface area contributed by atoms with Crippen LogP contribution in [-0.4, -0.2) is 43.6 Å².